The molecule has 0 bridgehead atoms. The average molecular weight is 833 g/mol. The Labute approximate surface area is 257 Å². The molecular weight excluding hydrogens is 812 g/mol. The maximum atomic E-state index is 14.9. The highest BCUT2D eigenvalue weighted by atomic mass is 127. The minimum atomic E-state index is -6.33. The van der Waals surface area contributed by atoms with E-state index in [0.29, 0.717) is 15.7 Å². The maximum absolute atomic E-state index is 14.9. The second kappa shape index (κ2) is 9.89. The van der Waals surface area contributed by atoms with Gasteiger partial charge in [0.25, 0.3) is 0 Å². The van der Waals surface area contributed by atoms with E-state index in [0.717, 1.165) is 6.07 Å². The summed E-state index contributed by atoms with van der Waals surface area (Å²) in [5, 5.41) is 0. The number of likely N-dealkylation sites (tertiary alicyclic amines) is 1. The SMILES string of the molecule is O=C(C1CC(F)(I)C1)N1CC[C@@]2(S(=O)(=O)c3ccc(I)cc3)c3ccc(C(F)(C(F)(F)F)C(F)(F)F)cc3CC[C@@H]12. The maximum Gasteiger partial charge on any atom is 0.435 e. The zero-order chi connectivity index (χ0) is 30.4. The first-order valence-corrected chi connectivity index (χ1v) is 16.0. The minimum Gasteiger partial charge on any atom is -0.337 e. The number of carbonyl (C=O) groups is 1. The molecule has 3 aliphatic rings. The molecule has 2 atom stereocenters. The van der Waals surface area contributed by atoms with E-state index in [4.69, 9.17) is 0 Å². The lowest BCUT2D eigenvalue weighted by Gasteiger charge is -2.45. The molecule has 5 rings (SSSR count). The molecule has 1 saturated heterocycles. The van der Waals surface area contributed by atoms with E-state index >= 15 is 0 Å². The summed E-state index contributed by atoms with van der Waals surface area (Å²) in [6, 6.07) is 6.33. The molecule has 2 aromatic rings. The fourth-order valence-electron chi connectivity index (χ4n) is 6.39. The number of benzene rings is 2. The second-order valence-corrected chi connectivity index (χ2v) is 16.1. The Morgan fingerprint density at radius 2 is 1.54 bits per heavy atom. The molecule has 1 aliphatic heterocycles. The molecule has 0 aromatic heterocycles. The van der Waals surface area contributed by atoms with Crippen LogP contribution in [0.25, 0.3) is 0 Å². The summed E-state index contributed by atoms with van der Waals surface area (Å²) in [7, 11) is -4.41. The topological polar surface area (TPSA) is 54.5 Å². The summed E-state index contributed by atoms with van der Waals surface area (Å²) in [6.45, 7) is -0.0660. The van der Waals surface area contributed by atoms with Crippen molar-refractivity contribution in [3.05, 3.63) is 62.7 Å². The van der Waals surface area contributed by atoms with Gasteiger partial charge in [-0.15, -0.1) is 0 Å². The van der Waals surface area contributed by atoms with Gasteiger partial charge in [0.05, 0.1) is 10.9 Å². The van der Waals surface area contributed by atoms with Crippen LogP contribution in [0.2, 0.25) is 0 Å². The quantitative estimate of drug-likeness (QED) is 0.185. The van der Waals surface area contributed by atoms with Crippen molar-refractivity contribution < 1.29 is 48.3 Å². The number of sulfone groups is 1. The van der Waals surface area contributed by atoms with Gasteiger partial charge < -0.3 is 4.90 Å². The molecule has 0 unspecified atom stereocenters. The van der Waals surface area contributed by atoms with Crippen molar-refractivity contribution >= 4 is 60.9 Å². The Hall–Kier alpha value is -1.24. The Kier molecular flexibility index (Phi) is 7.52. The zero-order valence-corrected chi connectivity index (χ0v) is 25.9. The lowest BCUT2D eigenvalue weighted by atomic mass is 9.76. The van der Waals surface area contributed by atoms with Crippen LogP contribution in [-0.4, -0.2) is 47.8 Å². The van der Waals surface area contributed by atoms with Gasteiger partial charge in [-0.05, 0) is 99.8 Å². The van der Waals surface area contributed by atoms with Crippen molar-refractivity contribution in [2.75, 3.05) is 6.54 Å². The molecule has 4 nitrogen and oxygen atoms in total. The number of aryl methyl sites for hydroxylation is 1. The first-order valence-electron chi connectivity index (χ1n) is 12.4. The van der Waals surface area contributed by atoms with Gasteiger partial charge in [-0.2, -0.15) is 26.3 Å². The van der Waals surface area contributed by atoms with Gasteiger partial charge in [-0.25, -0.2) is 17.2 Å². The molecule has 1 heterocycles. The van der Waals surface area contributed by atoms with E-state index in [1.54, 1.807) is 22.6 Å². The van der Waals surface area contributed by atoms with Gasteiger partial charge in [0.15, 0.2) is 13.5 Å². The Morgan fingerprint density at radius 3 is 2.07 bits per heavy atom. The number of nitrogens with zero attached hydrogens (tertiary/aromatic N) is 1. The molecule has 0 radical (unpaired) electrons. The first-order chi connectivity index (χ1) is 18.8. The first kappa shape index (κ1) is 31.2. The summed E-state index contributed by atoms with van der Waals surface area (Å²) in [4.78, 5) is 14.6. The zero-order valence-electron chi connectivity index (χ0n) is 20.8. The van der Waals surface area contributed by atoms with E-state index in [-0.39, 0.29) is 54.7 Å². The number of halogens is 10. The highest BCUT2D eigenvalue weighted by Gasteiger charge is 2.74. The van der Waals surface area contributed by atoms with Gasteiger partial charge in [0.2, 0.25) is 5.91 Å². The van der Waals surface area contributed by atoms with Gasteiger partial charge in [-0.3, -0.25) is 4.79 Å². The fourth-order valence-corrected chi connectivity index (χ4v) is 10.2. The van der Waals surface area contributed by atoms with Crippen molar-refractivity contribution in [3.8, 4) is 0 Å². The van der Waals surface area contributed by atoms with Gasteiger partial charge in [0.1, 0.15) is 4.75 Å². The molecule has 2 aromatic carbocycles. The van der Waals surface area contributed by atoms with Gasteiger partial charge in [0, 0.05) is 34.4 Å². The normalized spacial score (nSPS) is 28.6. The molecule has 1 amide bonds. The summed E-state index contributed by atoms with van der Waals surface area (Å²) in [5.74, 6) is -1.13. The summed E-state index contributed by atoms with van der Waals surface area (Å²) >= 11 is 3.56. The lowest BCUT2D eigenvalue weighted by Crippen LogP contribution is -2.55. The molecule has 0 spiro atoms. The number of hydrogen-bond donors (Lipinski definition) is 0. The highest BCUT2D eigenvalue weighted by molar-refractivity contribution is 14.1. The van der Waals surface area contributed by atoms with Crippen molar-refractivity contribution in [2.45, 2.75) is 69.5 Å². The molecule has 15 heteroatoms. The molecule has 2 aliphatic carbocycles. The van der Waals surface area contributed by atoms with E-state index in [1.807, 2.05) is 22.6 Å². The average Bonchev–Trinajstić information content (AvgIpc) is 3.26. The molecule has 41 heavy (non-hydrogen) atoms. The smallest absolute Gasteiger partial charge is 0.337 e. The Bertz CT molecular complexity index is 1470. The van der Waals surface area contributed by atoms with Crippen molar-refractivity contribution in [1.29, 1.82) is 0 Å². The summed E-state index contributed by atoms with van der Waals surface area (Å²) in [5.41, 5.74) is -7.61. The van der Waals surface area contributed by atoms with E-state index in [2.05, 4.69) is 0 Å². The van der Waals surface area contributed by atoms with Crippen molar-refractivity contribution in [3.63, 3.8) is 0 Å². The van der Waals surface area contributed by atoms with Gasteiger partial charge >= 0.3 is 18.0 Å². The summed E-state index contributed by atoms with van der Waals surface area (Å²) < 4.78 is 136. The lowest BCUT2D eigenvalue weighted by molar-refractivity contribution is -0.348. The van der Waals surface area contributed by atoms with Crippen molar-refractivity contribution in [2.24, 2.45) is 5.92 Å². The molecular formula is C26H21F8I2NO3S. The highest BCUT2D eigenvalue weighted by Crippen LogP contribution is 2.57. The minimum absolute atomic E-state index is 0.0557. The Morgan fingerprint density at radius 1 is 0.951 bits per heavy atom. The van der Waals surface area contributed by atoms with Crippen LogP contribution >= 0.6 is 45.2 Å². The van der Waals surface area contributed by atoms with Crippen LogP contribution in [0.1, 0.15) is 42.4 Å². The molecule has 0 N–H and O–H groups in total. The number of rotatable bonds is 4. The third kappa shape index (κ3) is 4.68. The van der Waals surface area contributed by atoms with Crippen LogP contribution in [0.15, 0.2) is 47.4 Å². The summed E-state index contributed by atoms with van der Waals surface area (Å²) in [6.07, 6.45) is -13.3. The molecule has 2 fully saturated rings. The number of amides is 1. The van der Waals surface area contributed by atoms with Crippen LogP contribution in [0.4, 0.5) is 35.1 Å². The van der Waals surface area contributed by atoms with Crippen LogP contribution in [-0.2, 0) is 31.5 Å². The number of hydrogen-bond acceptors (Lipinski definition) is 3. The third-order valence-corrected chi connectivity index (χ3v) is 12.5. The predicted molar refractivity (Wildman–Crippen MR) is 148 cm³/mol. The van der Waals surface area contributed by atoms with E-state index < -0.39 is 59.7 Å². The standard InChI is InChI=1S/C26H21F8I2NO3S/c27-22(36)12-15(13-22)21(38)37-10-9-23(41(39,40)18-5-3-17(35)4-6-18)19-7-2-16(11-14(19)1-8-20(23)37)24(28,25(29,30)31)26(32,33)34/h2-7,11,15,20H,1,8-10,12-13H2/t15?,20-,22?,23-/m1/s1. The van der Waals surface area contributed by atoms with Gasteiger partial charge in [-0.1, -0.05) is 18.2 Å². The van der Waals surface area contributed by atoms with Crippen LogP contribution in [0.3, 0.4) is 0 Å². The number of alkyl halides is 9. The van der Waals surface area contributed by atoms with E-state index in [9.17, 15) is 48.3 Å². The van der Waals surface area contributed by atoms with Crippen LogP contribution < -0.4 is 0 Å². The number of carbonyl (C=O) groups excluding carboxylic acids is 1. The third-order valence-electron chi connectivity index (χ3n) is 8.39. The molecule has 1 saturated carbocycles. The van der Waals surface area contributed by atoms with Crippen LogP contribution in [0.5, 0.6) is 0 Å². The largest absolute Gasteiger partial charge is 0.435 e. The van der Waals surface area contributed by atoms with E-state index in [1.165, 1.54) is 29.2 Å². The predicted octanol–water partition coefficient (Wildman–Crippen LogP) is 7.31. The fraction of sp³-hybridized carbons (Fsp3) is 0.500. The monoisotopic (exact) mass is 833 g/mol. The Balaban J connectivity index is 1.67. The second-order valence-electron chi connectivity index (χ2n) is 10.7. The molecule has 224 valence electrons. The van der Waals surface area contributed by atoms with Crippen molar-refractivity contribution in [1.82, 2.24) is 4.90 Å². The van der Waals surface area contributed by atoms with Crippen LogP contribution in [0, 0.1) is 9.49 Å². The number of fused-ring (bicyclic) bond motifs is 3.